The summed E-state index contributed by atoms with van der Waals surface area (Å²) in [5, 5.41) is 12.3. The van der Waals surface area contributed by atoms with Gasteiger partial charge in [0.05, 0.1) is 11.1 Å². The lowest BCUT2D eigenvalue weighted by Crippen LogP contribution is -2.12. The van der Waals surface area contributed by atoms with Gasteiger partial charge in [-0.25, -0.2) is 4.79 Å². The zero-order valence-electron chi connectivity index (χ0n) is 8.19. The maximum Gasteiger partial charge on any atom is 0.434 e. The van der Waals surface area contributed by atoms with E-state index in [2.05, 4.69) is 5.10 Å². The lowest BCUT2D eigenvalue weighted by molar-refractivity contribution is -0.137. The molecule has 0 radical (unpaired) electrons. The Balaban J connectivity index is 2.68. The van der Waals surface area contributed by atoms with Gasteiger partial charge in [-0.05, 0) is 18.2 Å². The van der Waals surface area contributed by atoms with Crippen molar-refractivity contribution >= 4 is 22.8 Å². The number of hydrogen-bond acceptors (Lipinski definition) is 3. The van der Waals surface area contributed by atoms with Crippen molar-refractivity contribution in [1.82, 2.24) is 9.78 Å². The van der Waals surface area contributed by atoms with Crippen molar-refractivity contribution in [3.63, 3.8) is 0 Å². The number of halogens is 3. The van der Waals surface area contributed by atoms with Gasteiger partial charge in [0, 0.05) is 5.39 Å². The molecular formula is C9H6F3N3O2. The van der Waals surface area contributed by atoms with Crippen molar-refractivity contribution < 1.29 is 23.1 Å². The third kappa shape index (κ3) is 1.77. The van der Waals surface area contributed by atoms with Gasteiger partial charge in [0.15, 0.2) is 0 Å². The van der Waals surface area contributed by atoms with Gasteiger partial charge in [0.2, 0.25) is 0 Å². The van der Waals surface area contributed by atoms with Crippen molar-refractivity contribution in [3.8, 4) is 0 Å². The largest absolute Gasteiger partial charge is 0.463 e. The van der Waals surface area contributed by atoms with Gasteiger partial charge in [-0.15, -0.1) is 4.68 Å². The molecule has 2 aromatic rings. The lowest BCUT2D eigenvalue weighted by atomic mass is 10.1. The van der Waals surface area contributed by atoms with E-state index in [1.807, 2.05) is 0 Å². The monoisotopic (exact) mass is 245 g/mol. The van der Waals surface area contributed by atoms with E-state index >= 15 is 0 Å². The second-order valence-corrected chi connectivity index (χ2v) is 3.31. The Morgan fingerprint density at radius 1 is 1.41 bits per heavy atom. The summed E-state index contributed by atoms with van der Waals surface area (Å²) in [7, 11) is 0. The van der Waals surface area contributed by atoms with Gasteiger partial charge in [0.25, 0.3) is 0 Å². The number of fused-ring (bicyclic) bond motifs is 1. The molecule has 0 saturated carbocycles. The summed E-state index contributed by atoms with van der Waals surface area (Å²) in [6.45, 7) is 0. The molecule has 90 valence electrons. The molecule has 0 amide bonds. The molecule has 2 rings (SSSR count). The number of anilines is 1. The van der Waals surface area contributed by atoms with E-state index in [4.69, 9.17) is 10.8 Å². The molecule has 8 heteroatoms. The number of carbonyl (C=O) groups is 1. The van der Waals surface area contributed by atoms with E-state index in [0.717, 1.165) is 18.2 Å². The summed E-state index contributed by atoms with van der Waals surface area (Å²) in [5.74, 6) is -0.207. The minimum atomic E-state index is -4.50. The van der Waals surface area contributed by atoms with Crippen LogP contribution in [0.3, 0.4) is 0 Å². The first-order valence-electron chi connectivity index (χ1n) is 4.39. The molecule has 0 fully saturated rings. The Morgan fingerprint density at radius 2 is 2.06 bits per heavy atom. The van der Waals surface area contributed by atoms with Crippen molar-refractivity contribution in [2.75, 3.05) is 5.73 Å². The number of nitrogens with zero attached hydrogens (tertiary/aromatic N) is 2. The SMILES string of the molecule is Nc1c2ccc(C(F)(F)F)cc2nn1C(=O)O. The fourth-order valence-electron chi connectivity index (χ4n) is 1.43. The Morgan fingerprint density at radius 3 is 2.59 bits per heavy atom. The number of benzene rings is 1. The van der Waals surface area contributed by atoms with Crippen LogP contribution in [0.1, 0.15) is 5.56 Å². The third-order valence-corrected chi connectivity index (χ3v) is 2.22. The number of rotatable bonds is 0. The fourth-order valence-corrected chi connectivity index (χ4v) is 1.43. The van der Waals surface area contributed by atoms with Gasteiger partial charge in [-0.2, -0.15) is 18.3 Å². The molecule has 0 atom stereocenters. The maximum atomic E-state index is 12.4. The summed E-state index contributed by atoms with van der Waals surface area (Å²) in [4.78, 5) is 10.7. The van der Waals surface area contributed by atoms with E-state index in [1.54, 1.807) is 0 Å². The Hall–Kier alpha value is -2.25. The minimum absolute atomic E-state index is 0.111. The van der Waals surface area contributed by atoms with Crippen LogP contribution >= 0.6 is 0 Å². The zero-order chi connectivity index (χ0) is 12.8. The maximum absolute atomic E-state index is 12.4. The minimum Gasteiger partial charge on any atom is -0.463 e. The van der Waals surface area contributed by atoms with Crippen LogP contribution in [0.2, 0.25) is 0 Å². The highest BCUT2D eigenvalue weighted by Crippen LogP contribution is 2.32. The fraction of sp³-hybridized carbons (Fsp3) is 0.111. The molecular weight excluding hydrogens is 239 g/mol. The van der Waals surface area contributed by atoms with Crippen molar-refractivity contribution in [1.29, 1.82) is 0 Å². The lowest BCUT2D eigenvalue weighted by Gasteiger charge is -2.05. The van der Waals surface area contributed by atoms with Gasteiger partial charge in [-0.1, -0.05) is 0 Å². The summed E-state index contributed by atoms with van der Waals surface area (Å²) in [6, 6.07) is 2.68. The number of carboxylic acid groups (broad SMARTS) is 1. The average molecular weight is 245 g/mol. The number of nitrogens with two attached hydrogens (primary N) is 1. The number of aromatic nitrogens is 2. The Labute approximate surface area is 92.2 Å². The standard InChI is InChI=1S/C9H6F3N3O2/c10-9(11,12)4-1-2-5-6(3-4)14-15(7(5)13)8(16)17/h1-3H,13H2,(H,16,17). The zero-order valence-corrected chi connectivity index (χ0v) is 8.19. The molecule has 0 spiro atoms. The van der Waals surface area contributed by atoms with Crippen LogP contribution in [-0.4, -0.2) is 21.0 Å². The Kier molecular flexibility index (Phi) is 2.23. The smallest absolute Gasteiger partial charge is 0.434 e. The second kappa shape index (κ2) is 3.37. The van der Waals surface area contributed by atoms with Crippen molar-refractivity contribution in [2.24, 2.45) is 0 Å². The van der Waals surface area contributed by atoms with Gasteiger partial charge >= 0.3 is 12.3 Å². The predicted octanol–water partition coefficient (Wildman–Crippen LogP) is 2.16. The molecule has 0 aliphatic rings. The van der Waals surface area contributed by atoms with Crippen LogP contribution in [-0.2, 0) is 6.18 Å². The van der Waals surface area contributed by atoms with Crippen LogP contribution in [0.5, 0.6) is 0 Å². The molecule has 0 bridgehead atoms. The van der Waals surface area contributed by atoms with E-state index in [-0.39, 0.29) is 16.7 Å². The molecule has 1 aromatic heterocycles. The number of hydrogen-bond donors (Lipinski definition) is 2. The normalized spacial score (nSPS) is 11.9. The molecule has 1 heterocycles. The summed E-state index contributed by atoms with van der Waals surface area (Å²) in [6.07, 6.45) is -5.96. The first-order valence-corrected chi connectivity index (χ1v) is 4.39. The van der Waals surface area contributed by atoms with Crippen LogP contribution in [0.4, 0.5) is 23.8 Å². The van der Waals surface area contributed by atoms with E-state index in [0.29, 0.717) is 4.68 Å². The van der Waals surface area contributed by atoms with Crippen LogP contribution in [0.25, 0.3) is 10.9 Å². The number of nitrogen functional groups attached to an aromatic ring is 1. The van der Waals surface area contributed by atoms with Crippen LogP contribution < -0.4 is 5.73 Å². The highest BCUT2D eigenvalue weighted by molar-refractivity contribution is 5.93. The van der Waals surface area contributed by atoms with Crippen LogP contribution in [0.15, 0.2) is 18.2 Å². The molecule has 0 aliphatic heterocycles. The highest BCUT2D eigenvalue weighted by atomic mass is 19.4. The summed E-state index contributed by atoms with van der Waals surface area (Å²) >= 11 is 0. The molecule has 5 nitrogen and oxygen atoms in total. The third-order valence-electron chi connectivity index (χ3n) is 2.22. The quantitative estimate of drug-likeness (QED) is 0.745. The first kappa shape index (κ1) is 11.2. The number of alkyl halides is 3. The van der Waals surface area contributed by atoms with Crippen molar-refractivity contribution in [3.05, 3.63) is 23.8 Å². The van der Waals surface area contributed by atoms with E-state index in [1.165, 1.54) is 0 Å². The van der Waals surface area contributed by atoms with E-state index in [9.17, 15) is 18.0 Å². The van der Waals surface area contributed by atoms with Crippen LogP contribution in [0, 0.1) is 0 Å². The molecule has 3 N–H and O–H groups in total. The first-order chi connectivity index (χ1) is 7.80. The van der Waals surface area contributed by atoms with Gasteiger partial charge in [0.1, 0.15) is 5.82 Å². The molecule has 1 aromatic carbocycles. The summed E-state index contributed by atoms with van der Waals surface area (Å²) < 4.78 is 37.6. The average Bonchev–Trinajstić information content (AvgIpc) is 2.54. The summed E-state index contributed by atoms with van der Waals surface area (Å²) in [5.41, 5.74) is 4.42. The molecule has 17 heavy (non-hydrogen) atoms. The predicted molar refractivity (Wildman–Crippen MR) is 52.6 cm³/mol. The Bertz CT molecular complexity index is 603. The molecule has 0 saturated heterocycles. The molecule has 0 aliphatic carbocycles. The molecule has 0 unspecified atom stereocenters. The van der Waals surface area contributed by atoms with Gasteiger partial charge in [-0.3, -0.25) is 0 Å². The topological polar surface area (TPSA) is 81.1 Å². The van der Waals surface area contributed by atoms with Crippen molar-refractivity contribution in [2.45, 2.75) is 6.18 Å². The highest BCUT2D eigenvalue weighted by Gasteiger charge is 2.31. The van der Waals surface area contributed by atoms with Gasteiger partial charge < -0.3 is 10.8 Å². The second-order valence-electron chi connectivity index (χ2n) is 3.31. The van der Waals surface area contributed by atoms with E-state index < -0.39 is 17.8 Å².